The van der Waals surface area contributed by atoms with Crippen LogP contribution in [0.2, 0.25) is 0 Å². The van der Waals surface area contributed by atoms with Crippen LogP contribution in [0.15, 0.2) is 89.8 Å². The van der Waals surface area contributed by atoms with Gasteiger partial charge >= 0.3 is 178 Å². The Hall–Kier alpha value is -1.71. The van der Waals surface area contributed by atoms with E-state index < -0.39 is 11.0 Å². The molecule has 4 heteroatoms. The van der Waals surface area contributed by atoms with E-state index in [1.54, 1.807) is 0 Å². The number of nitrogens with one attached hydrogen (secondary N) is 1. The average molecular weight is 457 g/mol. The van der Waals surface area contributed by atoms with Gasteiger partial charge in [0.2, 0.25) is 0 Å². The number of hydrogen-bond donors (Lipinski definition) is 1. The fourth-order valence-corrected chi connectivity index (χ4v) is 7.41. The molecule has 0 amide bonds. The van der Waals surface area contributed by atoms with Crippen molar-refractivity contribution in [2.75, 3.05) is 0 Å². The van der Waals surface area contributed by atoms with Crippen LogP contribution in [0.25, 0.3) is 0 Å². The van der Waals surface area contributed by atoms with Gasteiger partial charge in [-0.3, -0.25) is 0 Å². The third-order valence-corrected chi connectivity index (χ3v) is 8.70. The second kappa shape index (κ2) is 10.2. The summed E-state index contributed by atoms with van der Waals surface area (Å²) < 4.78 is 17.9. The van der Waals surface area contributed by atoms with Crippen LogP contribution in [0.5, 0.6) is 0 Å². The van der Waals surface area contributed by atoms with Gasteiger partial charge in [-0.1, -0.05) is 0 Å². The first-order valence-corrected chi connectivity index (χ1v) is 12.6. The molecule has 146 valence electrons. The monoisotopic (exact) mass is 457 g/mol. The molecule has 0 bridgehead atoms. The van der Waals surface area contributed by atoms with Crippen molar-refractivity contribution in [3.8, 4) is 0 Å². The molecular weight excluding hydrogens is 429 g/mol. The zero-order chi connectivity index (χ0) is 19.9. The SMILES string of the molecule is Cc1ccc([S@](=O)N[C@@H](C(C)C)[C@@H]([Se]c2ccccc2)c2ccccc2)cc1. The first kappa shape index (κ1) is 21.0. The molecule has 28 heavy (non-hydrogen) atoms. The number of rotatable bonds is 8. The Kier molecular flexibility index (Phi) is 7.64. The van der Waals surface area contributed by atoms with Gasteiger partial charge in [0, 0.05) is 0 Å². The van der Waals surface area contributed by atoms with E-state index in [0.29, 0.717) is 10.7 Å². The molecule has 2 nitrogen and oxygen atoms in total. The van der Waals surface area contributed by atoms with Crippen LogP contribution in [-0.2, 0) is 11.0 Å². The molecule has 0 aromatic heterocycles. The molecule has 0 radical (unpaired) electrons. The minimum absolute atomic E-state index is 0.116. The predicted octanol–water partition coefficient (Wildman–Crippen LogP) is 4.40. The van der Waals surface area contributed by atoms with Gasteiger partial charge < -0.3 is 0 Å². The molecule has 0 fully saturated rings. The molecule has 0 aliphatic carbocycles. The molecule has 3 aromatic rings. The summed E-state index contributed by atoms with van der Waals surface area (Å²) >= 11 is 0.224. The van der Waals surface area contributed by atoms with Crippen molar-refractivity contribution >= 4 is 30.4 Å². The van der Waals surface area contributed by atoms with Crippen molar-refractivity contribution in [1.82, 2.24) is 4.72 Å². The minimum atomic E-state index is -1.23. The fraction of sp³-hybridized carbons (Fsp3) is 0.250. The summed E-state index contributed by atoms with van der Waals surface area (Å²) in [5.74, 6) is 0.352. The van der Waals surface area contributed by atoms with Crippen molar-refractivity contribution < 1.29 is 4.21 Å². The second-order valence-corrected chi connectivity index (χ2v) is 11.0. The molecule has 1 N–H and O–H groups in total. The van der Waals surface area contributed by atoms with Crippen LogP contribution < -0.4 is 9.18 Å². The summed E-state index contributed by atoms with van der Waals surface area (Å²) in [6.07, 6.45) is 0. The van der Waals surface area contributed by atoms with Gasteiger partial charge in [-0.25, -0.2) is 0 Å². The molecule has 0 spiro atoms. The van der Waals surface area contributed by atoms with Crippen LogP contribution >= 0.6 is 0 Å². The molecule has 0 aliphatic heterocycles. The number of hydrogen-bond acceptors (Lipinski definition) is 1. The average Bonchev–Trinajstić information content (AvgIpc) is 2.72. The van der Waals surface area contributed by atoms with Crippen molar-refractivity contribution in [3.05, 3.63) is 96.1 Å². The van der Waals surface area contributed by atoms with Crippen molar-refractivity contribution in [2.45, 2.75) is 36.5 Å². The molecule has 0 aliphatic rings. The van der Waals surface area contributed by atoms with Crippen molar-refractivity contribution in [3.63, 3.8) is 0 Å². The Balaban J connectivity index is 1.89. The summed E-state index contributed by atoms with van der Waals surface area (Å²) in [6.45, 7) is 6.47. The number of aryl methyl sites for hydroxylation is 1. The molecule has 0 saturated carbocycles. The van der Waals surface area contributed by atoms with E-state index in [-0.39, 0.29) is 21.0 Å². The standard InChI is InChI=1S/C24H27NOSSe/c1-18(2)23(25-27(26)21-16-14-19(3)15-17-21)24(20-10-6-4-7-11-20)28-22-12-8-5-9-13-22/h4-18,23-25H,1-3H3/t23-,24-,27-/m0/s1. The quantitative estimate of drug-likeness (QED) is 0.500. The molecule has 3 atom stereocenters. The topological polar surface area (TPSA) is 29.1 Å². The van der Waals surface area contributed by atoms with E-state index in [9.17, 15) is 4.21 Å². The fourth-order valence-electron chi connectivity index (χ4n) is 3.04. The Morgan fingerprint density at radius 3 is 1.96 bits per heavy atom. The van der Waals surface area contributed by atoms with E-state index in [4.69, 9.17) is 0 Å². The van der Waals surface area contributed by atoms with E-state index in [1.807, 2.05) is 31.2 Å². The Morgan fingerprint density at radius 1 is 0.821 bits per heavy atom. The van der Waals surface area contributed by atoms with Gasteiger partial charge in [0.25, 0.3) is 0 Å². The zero-order valence-electron chi connectivity index (χ0n) is 16.5. The molecule has 0 unspecified atom stereocenters. The first-order valence-electron chi connectivity index (χ1n) is 9.56. The van der Waals surface area contributed by atoms with Gasteiger partial charge in [-0.15, -0.1) is 0 Å². The summed E-state index contributed by atoms with van der Waals surface area (Å²) in [7, 11) is -1.23. The van der Waals surface area contributed by atoms with Gasteiger partial charge in [-0.2, -0.15) is 0 Å². The van der Waals surface area contributed by atoms with E-state index >= 15 is 0 Å². The summed E-state index contributed by atoms with van der Waals surface area (Å²) in [5, 5.41) is 0. The maximum absolute atomic E-state index is 13.1. The normalized spacial score (nSPS) is 14.6. The predicted molar refractivity (Wildman–Crippen MR) is 120 cm³/mol. The molecule has 3 aromatic carbocycles. The maximum atomic E-state index is 13.1. The first-order chi connectivity index (χ1) is 13.5. The van der Waals surface area contributed by atoms with Gasteiger partial charge in [0.05, 0.1) is 0 Å². The van der Waals surface area contributed by atoms with Crippen LogP contribution in [0.1, 0.15) is 29.8 Å². The van der Waals surface area contributed by atoms with Gasteiger partial charge in [0.15, 0.2) is 0 Å². The van der Waals surface area contributed by atoms with Crippen LogP contribution in [0.4, 0.5) is 0 Å². The Bertz CT molecular complexity index is 881. The summed E-state index contributed by atoms with van der Waals surface area (Å²) in [6, 6.07) is 29.3. The Labute approximate surface area is 177 Å². The van der Waals surface area contributed by atoms with E-state index in [0.717, 1.165) is 4.90 Å². The van der Waals surface area contributed by atoms with Crippen LogP contribution in [-0.4, -0.2) is 25.2 Å². The molecule has 0 saturated heterocycles. The molecule has 0 heterocycles. The van der Waals surface area contributed by atoms with Crippen molar-refractivity contribution in [2.24, 2.45) is 5.92 Å². The molecule has 3 rings (SSSR count). The van der Waals surface area contributed by atoms with Crippen LogP contribution in [0, 0.1) is 12.8 Å². The van der Waals surface area contributed by atoms with E-state index in [1.165, 1.54) is 15.6 Å². The van der Waals surface area contributed by atoms with E-state index in [2.05, 4.69) is 79.2 Å². The second-order valence-electron chi connectivity index (χ2n) is 7.23. The van der Waals surface area contributed by atoms with Crippen LogP contribution in [0.3, 0.4) is 0 Å². The Morgan fingerprint density at radius 2 is 1.39 bits per heavy atom. The molecular formula is C24H27NOSSe. The zero-order valence-corrected chi connectivity index (χ0v) is 19.1. The third kappa shape index (κ3) is 5.65. The van der Waals surface area contributed by atoms with Crippen molar-refractivity contribution in [1.29, 1.82) is 0 Å². The summed E-state index contributed by atoms with van der Waals surface area (Å²) in [5.41, 5.74) is 2.48. The van der Waals surface area contributed by atoms with Gasteiger partial charge in [0.1, 0.15) is 0 Å². The van der Waals surface area contributed by atoms with Gasteiger partial charge in [-0.05, 0) is 0 Å². The third-order valence-electron chi connectivity index (χ3n) is 4.66. The number of benzene rings is 3. The summed E-state index contributed by atoms with van der Waals surface area (Å²) in [4.78, 5) is 1.13.